The molecule has 2 aromatic rings. The van der Waals surface area contributed by atoms with Crippen molar-refractivity contribution in [2.24, 2.45) is 0 Å². The van der Waals surface area contributed by atoms with Crippen molar-refractivity contribution in [1.29, 1.82) is 0 Å². The zero-order valence-corrected chi connectivity index (χ0v) is 11.1. The number of hydrogen-bond donors (Lipinski definition) is 1. The molecule has 0 unspecified atom stereocenters. The summed E-state index contributed by atoms with van der Waals surface area (Å²) in [6.45, 7) is 0. The van der Waals surface area contributed by atoms with Crippen LogP contribution in [0.25, 0.3) is 10.7 Å². The van der Waals surface area contributed by atoms with E-state index in [1.165, 1.54) is 0 Å². The second kappa shape index (κ2) is 5.02. The van der Waals surface area contributed by atoms with Crippen LogP contribution in [-0.2, 0) is 0 Å². The Kier molecular flexibility index (Phi) is 3.69. The second-order valence-corrected chi connectivity index (χ2v) is 5.63. The van der Waals surface area contributed by atoms with Gasteiger partial charge in [0.2, 0.25) is 0 Å². The molecule has 0 aliphatic carbocycles. The summed E-state index contributed by atoms with van der Waals surface area (Å²) >= 11 is 4.02. The summed E-state index contributed by atoms with van der Waals surface area (Å²) in [7, 11) is 0. The van der Waals surface area contributed by atoms with Crippen molar-refractivity contribution in [2.45, 2.75) is 0 Å². The highest BCUT2D eigenvalue weighted by Gasteiger charge is 2.03. The smallest absolute Gasteiger partial charge is 0.442 e. The molecule has 14 heavy (non-hydrogen) atoms. The van der Waals surface area contributed by atoms with Crippen molar-refractivity contribution in [3.63, 3.8) is 0 Å². The van der Waals surface area contributed by atoms with E-state index in [0.29, 0.717) is 5.95 Å². The molecule has 4 nitrogen and oxygen atoms in total. The van der Waals surface area contributed by atoms with Gasteiger partial charge in [0.1, 0.15) is 10.7 Å². The van der Waals surface area contributed by atoms with Crippen molar-refractivity contribution < 1.29 is 0 Å². The summed E-state index contributed by atoms with van der Waals surface area (Å²) in [4.78, 5) is 12.6. The number of thiazole rings is 1. The fourth-order valence-corrected chi connectivity index (χ4v) is 2.63. The fourth-order valence-electron chi connectivity index (χ4n) is 0.946. The van der Waals surface area contributed by atoms with E-state index in [4.69, 9.17) is 0 Å². The minimum Gasteiger partial charge on any atom is -0.442 e. The van der Waals surface area contributed by atoms with Crippen LogP contribution in [0, 0.1) is 0 Å². The molecule has 0 aliphatic heterocycles. The molecule has 0 saturated heterocycles. The third-order valence-corrected chi connectivity index (χ3v) is 3.59. The van der Waals surface area contributed by atoms with Gasteiger partial charge in [-0.05, 0) is 6.07 Å². The molecular formula is C7H5AlIN4S. The van der Waals surface area contributed by atoms with Crippen LogP contribution in [0.2, 0.25) is 0 Å². The predicted octanol–water partition coefficient (Wildman–Crippen LogP) is 1.98. The molecule has 69 valence electrons. The lowest BCUT2D eigenvalue weighted by Gasteiger charge is -2.00. The minimum absolute atomic E-state index is 0.143. The van der Waals surface area contributed by atoms with Gasteiger partial charge in [0.25, 0.3) is 0 Å². The van der Waals surface area contributed by atoms with Crippen LogP contribution >= 0.6 is 31.6 Å². The maximum absolute atomic E-state index is 4.35. The Labute approximate surface area is 103 Å². The zero-order valence-electron chi connectivity index (χ0n) is 7.01. The van der Waals surface area contributed by atoms with Crippen LogP contribution in [0.1, 0.15) is 0 Å². The molecule has 2 heterocycles. The lowest BCUT2D eigenvalue weighted by molar-refractivity contribution is 1.18. The third kappa shape index (κ3) is 2.42. The molecular weight excluding hydrogens is 326 g/mol. The number of anilines is 1. The number of aromatic nitrogens is 3. The maximum Gasteiger partial charge on any atom is 0.472 e. The Hall–Kier alpha value is -0.228. The summed E-state index contributed by atoms with van der Waals surface area (Å²) < 4.78 is 3.13. The van der Waals surface area contributed by atoms with Gasteiger partial charge in [0.05, 0.1) is 0 Å². The number of rotatable bonds is 3. The lowest BCUT2D eigenvalue weighted by Crippen LogP contribution is -2.02. The molecule has 0 bridgehead atoms. The van der Waals surface area contributed by atoms with Gasteiger partial charge in [-0.3, -0.25) is 0 Å². The highest BCUT2D eigenvalue weighted by Crippen LogP contribution is 2.19. The van der Waals surface area contributed by atoms with E-state index in [1.807, 2.05) is 11.4 Å². The Balaban J connectivity index is 2.31. The van der Waals surface area contributed by atoms with Crippen molar-refractivity contribution >= 4 is 49.7 Å². The monoisotopic (exact) mass is 331 g/mol. The first kappa shape index (κ1) is 10.3. The Morgan fingerprint density at radius 2 is 2.29 bits per heavy atom. The van der Waals surface area contributed by atoms with E-state index >= 15 is 0 Å². The molecule has 0 aromatic carbocycles. The maximum atomic E-state index is 4.35. The quantitative estimate of drug-likeness (QED) is 0.690. The highest BCUT2D eigenvalue weighted by molar-refractivity contribution is 14.1. The summed E-state index contributed by atoms with van der Waals surface area (Å²) in [5.41, 5.74) is 0.877. The van der Waals surface area contributed by atoms with Gasteiger partial charge in [-0.1, -0.05) is 0 Å². The average Bonchev–Trinajstić information content (AvgIpc) is 2.71. The normalized spacial score (nSPS) is 9.79. The number of nitrogens with one attached hydrogen (secondary N) is 1. The molecule has 0 aliphatic rings. The highest BCUT2D eigenvalue weighted by atomic mass is 127. The van der Waals surface area contributed by atoms with Crippen molar-refractivity contribution in [2.75, 3.05) is 4.30 Å². The number of nitrogens with zero attached hydrogens (tertiary/aromatic N) is 3. The van der Waals surface area contributed by atoms with Gasteiger partial charge >= 0.3 is 12.2 Å². The van der Waals surface area contributed by atoms with E-state index in [2.05, 4.69) is 39.5 Å². The molecule has 0 atom stereocenters. The molecule has 1 radical (unpaired) electrons. The minimum atomic E-state index is 0.143. The van der Waals surface area contributed by atoms with Crippen LogP contribution in [0.3, 0.4) is 0 Å². The summed E-state index contributed by atoms with van der Waals surface area (Å²) in [6.07, 6.45) is 3.52. The van der Waals surface area contributed by atoms with Gasteiger partial charge in [-0.25, -0.2) is 15.0 Å². The molecule has 0 amide bonds. The van der Waals surface area contributed by atoms with E-state index in [9.17, 15) is 0 Å². The van der Waals surface area contributed by atoms with Crippen LogP contribution in [-0.4, -0.2) is 27.1 Å². The van der Waals surface area contributed by atoms with Crippen LogP contribution in [0.5, 0.6) is 0 Å². The van der Waals surface area contributed by atoms with Gasteiger partial charge in [-0.2, -0.15) is 20.3 Å². The third-order valence-electron chi connectivity index (χ3n) is 1.49. The molecule has 0 saturated carbocycles. The average molecular weight is 331 g/mol. The van der Waals surface area contributed by atoms with Crippen molar-refractivity contribution in [3.8, 4) is 10.7 Å². The van der Waals surface area contributed by atoms with Crippen LogP contribution in [0.15, 0.2) is 23.8 Å². The largest absolute Gasteiger partial charge is 0.472 e. The first-order valence-corrected chi connectivity index (χ1v) is 9.44. The zero-order chi connectivity index (χ0) is 9.80. The molecule has 2 aromatic heterocycles. The van der Waals surface area contributed by atoms with E-state index in [0.717, 1.165) is 10.7 Å². The Morgan fingerprint density at radius 3 is 3.00 bits per heavy atom. The van der Waals surface area contributed by atoms with Crippen molar-refractivity contribution in [1.82, 2.24) is 15.0 Å². The van der Waals surface area contributed by atoms with E-state index in [-0.39, 0.29) is 12.2 Å². The first-order chi connectivity index (χ1) is 6.90. The van der Waals surface area contributed by atoms with E-state index < -0.39 is 0 Å². The SMILES string of the molecule is [I][Al][NH]c1nccc(-c2nccs2)n1. The molecule has 0 fully saturated rings. The molecule has 0 spiro atoms. The first-order valence-electron chi connectivity index (χ1n) is 3.81. The van der Waals surface area contributed by atoms with Crippen molar-refractivity contribution in [3.05, 3.63) is 23.8 Å². The van der Waals surface area contributed by atoms with E-state index in [1.54, 1.807) is 23.7 Å². The fraction of sp³-hybridized carbons (Fsp3) is 0. The second-order valence-electron chi connectivity index (χ2n) is 2.36. The predicted molar refractivity (Wildman–Crippen MR) is 66.5 cm³/mol. The van der Waals surface area contributed by atoms with Gasteiger partial charge in [-0.15, -0.1) is 11.3 Å². The summed E-state index contributed by atoms with van der Waals surface area (Å²) in [5.74, 6) is 0.683. The Bertz CT molecular complexity index is 408. The molecule has 1 N–H and O–H groups in total. The van der Waals surface area contributed by atoms with Crippen LogP contribution in [0.4, 0.5) is 5.95 Å². The Morgan fingerprint density at radius 1 is 1.36 bits per heavy atom. The van der Waals surface area contributed by atoms with Gasteiger partial charge in [0, 0.05) is 17.8 Å². The van der Waals surface area contributed by atoms with Gasteiger partial charge < -0.3 is 4.30 Å². The van der Waals surface area contributed by atoms with Crippen LogP contribution < -0.4 is 4.30 Å². The molecule has 2 rings (SSSR count). The standard InChI is InChI=1S/C7H5N4S.Al.HI/c8-7-10-2-1-5(11-7)6-9-3-4-12-6;;/h1-4H,(H-,8,10,11);;1H/q-1;+2;/p-1. The topological polar surface area (TPSA) is 50.7 Å². The molecule has 7 heteroatoms. The van der Waals surface area contributed by atoms with Gasteiger partial charge in [0.15, 0.2) is 5.95 Å². The lowest BCUT2D eigenvalue weighted by atomic mass is 10.4. The number of halogens is 1. The number of hydrogen-bond acceptors (Lipinski definition) is 5. The summed E-state index contributed by atoms with van der Waals surface area (Å²) in [6, 6.07) is 1.87. The summed E-state index contributed by atoms with van der Waals surface area (Å²) in [5, 5.41) is 2.87.